The summed E-state index contributed by atoms with van der Waals surface area (Å²) in [5.41, 5.74) is -0.227. The number of hydrogen-bond acceptors (Lipinski definition) is 6. The lowest BCUT2D eigenvalue weighted by Crippen LogP contribution is -2.31. The summed E-state index contributed by atoms with van der Waals surface area (Å²) in [5.74, 6) is 0.288. The molecule has 0 fully saturated rings. The number of nitro benzene ring substituents is 1. The predicted octanol–water partition coefficient (Wildman–Crippen LogP) is 4.69. The van der Waals surface area contributed by atoms with Crippen molar-refractivity contribution in [1.82, 2.24) is 4.90 Å². The molecule has 0 aliphatic rings. The third-order valence-electron chi connectivity index (χ3n) is 4.56. The van der Waals surface area contributed by atoms with Crippen molar-refractivity contribution in [2.45, 2.75) is 0 Å². The van der Waals surface area contributed by atoms with Crippen molar-refractivity contribution in [2.75, 3.05) is 27.3 Å². The number of carbonyl (C=O) groups excluding carboxylic acids is 1. The van der Waals surface area contributed by atoms with Gasteiger partial charge in [0.2, 0.25) is 0 Å². The molecule has 0 aliphatic carbocycles. The molecule has 0 saturated heterocycles. The van der Waals surface area contributed by atoms with Crippen LogP contribution >= 0.6 is 0 Å². The van der Waals surface area contributed by atoms with E-state index >= 15 is 0 Å². The molecular weight excluding hydrogens is 419 g/mol. The fraction of sp³-hybridized carbons (Fsp3) is 0.174. The van der Waals surface area contributed by atoms with E-state index in [1.165, 1.54) is 43.3 Å². The lowest BCUT2D eigenvalue weighted by Gasteiger charge is -2.19. The molecule has 0 unspecified atom stereocenters. The summed E-state index contributed by atoms with van der Waals surface area (Å²) in [5, 5.41) is 11.2. The molecular formula is C23H21FN2O6. The third-order valence-corrected chi connectivity index (χ3v) is 4.56. The number of benzene rings is 3. The lowest BCUT2D eigenvalue weighted by atomic mass is 10.1. The summed E-state index contributed by atoms with van der Waals surface area (Å²) in [4.78, 5) is 25.0. The highest BCUT2D eigenvalue weighted by Crippen LogP contribution is 2.30. The van der Waals surface area contributed by atoms with Crippen molar-refractivity contribution in [1.29, 1.82) is 0 Å². The van der Waals surface area contributed by atoms with E-state index in [1.54, 1.807) is 36.4 Å². The number of ether oxygens (including phenoxy) is 3. The Morgan fingerprint density at radius 3 is 2.38 bits per heavy atom. The third kappa shape index (κ3) is 5.51. The molecule has 0 radical (unpaired) electrons. The van der Waals surface area contributed by atoms with Crippen LogP contribution in [0.15, 0.2) is 66.7 Å². The number of nitro groups is 1. The average Bonchev–Trinajstić information content (AvgIpc) is 2.80. The molecule has 0 spiro atoms. The van der Waals surface area contributed by atoms with Crippen LogP contribution in [0.1, 0.15) is 10.4 Å². The molecule has 32 heavy (non-hydrogen) atoms. The van der Waals surface area contributed by atoms with Crippen LogP contribution in [-0.2, 0) is 0 Å². The van der Waals surface area contributed by atoms with E-state index in [1.807, 2.05) is 0 Å². The Morgan fingerprint density at radius 1 is 1.03 bits per heavy atom. The van der Waals surface area contributed by atoms with E-state index in [9.17, 15) is 19.3 Å². The smallest absolute Gasteiger partial charge is 0.270 e. The van der Waals surface area contributed by atoms with E-state index in [-0.39, 0.29) is 35.9 Å². The van der Waals surface area contributed by atoms with Crippen LogP contribution in [-0.4, -0.2) is 43.0 Å². The van der Waals surface area contributed by atoms with Crippen molar-refractivity contribution in [3.8, 4) is 23.0 Å². The molecule has 0 aliphatic heterocycles. The predicted molar refractivity (Wildman–Crippen MR) is 115 cm³/mol. The Kier molecular flexibility index (Phi) is 7.22. The van der Waals surface area contributed by atoms with Gasteiger partial charge >= 0.3 is 0 Å². The van der Waals surface area contributed by atoms with E-state index in [0.29, 0.717) is 11.5 Å². The first kappa shape index (κ1) is 22.5. The summed E-state index contributed by atoms with van der Waals surface area (Å²) in [6, 6.07) is 16.4. The Labute approximate surface area is 183 Å². The second-order valence-corrected chi connectivity index (χ2v) is 6.72. The summed E-state index contributed by atoms with van der Waals surface area (Å²) < 4.78 is 30.0. The van der Waals surface area contributed by atoms with Crippen molar-refractivity contribution in [3.05, 3.63) is 88.2 Å². The Balaban J connectivity index is 1.76. The molecule has 0 atom stereocenters. The van der Waals surface area contributed by atoms with Gasteiger partial charge in [0.1, 0.15) is 23.9 Å². The highest BCUT2D eigenvalue weighted by Gasteiger charge is 2.21. The van der Waals surface area contributed by atoms with E-state index in [4.69, 9.17) is 14.2 Å². The average molecular weight is 440 g/mol. The first-order valence-electron chi connectivity index (χ1n) is 9.62. The van der Waals surface area contributed by atoms with Crippen molar-refractivity contribution in [2.24, 2.45) is 0 Å². The Morgan fingerprint density at radius 2 is 1.72 bits per heavy atom. The molecule has 166 valence electrons. The molecule has 3 rings (SSSR count). The van der Waals surface area contributed by atoms with Gasteiger partial charge in [-0.15, -0.1) is 0 Å². The molecule has 0 heterocycles. The summed E-state index contributed by atoms with van der Waals surface area (Å²) in [6.45, 7) is 0.157. The number of nitrogens with zero attached hydrogens (tertiary/aromatic N) is 2. The Bertz CT molecular complexity index is 1100. The summed E-state index contributed by atoms with van der Waals surface area (Å²) in [7, 11) is 3.05. The van der Waals surface area contributed by atoms with Crippen LogP contribution in [0.4, 0.5) is 10.1 Å². The maximum Gasteiger partial charge on any atom is 0.270 e. The number of rotatable bonds is 9. The van der Waals surface area contributed by atoms with Gasteiger partial charge in [0.25, 0.3) is 11.6 Å². The van der Waals surface area contributed by atoms with E-state index in [0.717, 1.165) is 6.07 Å². The zero-order valence-corrected chi connectivity index (χ0v) is 17.5. The molecule has 8 nitrogen and oxygen atoms in total. The van der Waals surface area contributed by atoms with Gasteiger partial charge in [0.15, 0.2) is 11.6 Å². The highest BCUT2D eigenvalue weighted by atomic mass is 19.1. The SMILES string of the molecule is COc1ccc(Oc2ccc([N+](=O)[O-])cc2C(=O)N(C)CCOc2ccccc2F)cc1. The van der Waals surface area contributed by atoms with Gasteiger partial charge in [-0.2, -0.15) is 0 Å². The molecule has 0 N–H and O–H groups in total. The second-order valence-electron chi connectivity index (χ2n) is 6.72. The largest absolute Gasteiger partial charge is 0.497 e. The maximum absolute atomic E-state index is 13.7. The molecule has 9 heteroatoms. The molecule has 0 saturated carbocycles. The summed E-state index contributed by atoms with van der Waals surface area (Å²) >= 11 is 0. The minimum absolute atomic E-state index is 0.0170. The van der Waals surface area contributed by atoms with Gasteiger partial charge in [-0.05, 0) is 42.5 Å². The zero-order chi connectivity index (χ0) is 23.1. The minimum atomic E-state index is -0.588. The molecule has 3 aromatic rings. The zero-order valence-electron chi connectivity index (χ0n) is 17.5. The number of non-ortho nitro benzene ring substituents is 1. The molecule has 0 aromatic heterocycles. The number of methoxy groups -OCH3 is 1. The van der Waals surface area contributed by atoms with Crippen molar-refractivity contribution in [3.63, 3.8) is 0 Å². The molecule has 1 amide bonds. The van der Waals surface area contributed by atoms with Crippen LogP contribution in [0.25, 0.3) is 0 Å². The highest BCUT2D eigenvalue weighted by molar-refractivity contribution is 5.97. The summed E-state index contributed by atoms with van der Waals surface area (Å²) in [6.07, 6.45) is 0. The van der Waals surface area contributed by atoms with Crippen LogP contribution in [0, 0.1) is 15.9 Å². The fourth-order valence-electron chi connectivity index (χ4n) is 2.82. The number of amides is 1. The number of halogens is 1. The van der Waals surface area contributed by atoms with Crippen LogP contribution in [0.2, 0.25) is 0 Å². The van der Waals surface area contributed by atoms with E-state index in [2.05, 4.69) is 0 Å². The first-order valence-corrected chi connectivity index (χ1v) is 9.62. The van der Waals surface area contributed by atoms with E-state index < -0.39 is 16.6 Å². The van der Waals surface area contributed by atoms with Gasteiger partial charge in [-0.25, -0.2) is 4.39 Å². The molecule has 3 aromatic carbocycles. The number of hydrogen-bond donors (Lipinski definition) is 0. The quantitative estimate of drug-likeness (QED) is 0.354. The number of para-hydroxylation sites is 1. The Hall–Kier alpha value is -4.14. The van der Waals surface area contributed by atoms with Crippen molar-refractivity contribution < 1.29 is 28.3 Å². The van der Waals surface area contributed by atoms with Crippen LogP contribution in [0.5, 0.6) is 23.0 Å². The first-order chi connectivity index (χ1) is 15.4. The monoisotopic (exact) mass is 440 g/mol. The lowest BCUT2D eigenvalue weighted by molar-refractivity contribution is -0.384. The van der Waals surface area contributed by atoms with Gasteiger partial charge in [0.05, 0.1) is 24.1 Å². The normalized spacial score (nSPS) is 10.3. The topological polar surface area (TPSA) is 91.1 Å². The van der Waals surface area contributed by atoms with Gasteiger partial charge in [-0.1, -0.05) is 12.1 Å². The van der Waals surface area contributed by atoms with Crippen LogP contribution in [0.3, 0.4) is 0 Å². The minimum Gasteiger partial charge on any atom is -0.497 e. The van der Waals surface area contributed by atoms with Gasteiger partial charge < -0.3 is 19.1 Å². The number of carbonyl (C=O) groups is 1. The number of likely N-dealkylation sites (N-methyl/N-ethyl adjacent to an activating group) is 1. The van der Waals surface area contributed by atoms with Gasteiger partial charge in [-0.3, -0.25) is 14.9 Å². The fourth-order valence-corrected chi connectivity index (χ4v) is 2.82. The second kappa shape index (κ2) is 10.3. The molecule has 0 bridgehead atoms. The van der Waals surface area contributed by atoms with Gasteiger partial charge in [0, 0.05) is 19.2 Å². The van der Waals surface area contributed by atoms with Crippen LogP contribution < -0.4 is 14.2 Å². The van der Waals surface area contributed by atoms with Crippen molar-refractivity contribution >= 4 is 11.6 Å². The standard InChI is InChI=1S/C23H21FN2O6/c1-25(13-14-31-22-6-4-3-5-20(22)24)23(27)19-15-16(26(28)29)7-12-21(19)32-18-10-8-17(30-2)9-11-18/h3-12,15H,13-14H2,1-2H3. The maximum atomic E-state index is 13.7.